The van der Waals surface area contributed by atoms with Gasteiger partial charge in [-0.05, 0) is 33.6 Å². The highest BCUT2D eigenvalue weighted by molar-refractivity contribution is 9.10. The molecule has 0 fully saturated rings. The molecule has 0 bridgehead atoms. The first-order valence-electron chi connectivity index (χ1n) is 6.32. The summed E-state index contributed by atoms with van der Waals surface area (Å²) in [5.41, 5.74) is 1.52. The number of carbonyl (C=O) groups excluding carboxylic acids is 1. The van der Waals surface area contributed by atoms with Crippen molar-refractivity contribution in [1.82, 2.24) is 0 Å². The van der Waals surface area contributed by atoms with E-state index in [1.807, 2.05) is 36.4 Å². The number of benzene rings is 2. The van der Waals surface area contributed by atoms with Crippen LogP contribution in [-0.2, 0) is 0 Å². The molecule has 4 heteroatoms. The van der Waals surface area contributed by atoms with Crippen LogP contribution in [0.15, 0.2) is 46.9 Å². The molecule has 3 rings (SSSR count). The first kappa shape index (κ1) is 13.2. The quantitative estimate of drug-likeness (QED) is 0.828. The van der Waals surface area contributed by atoms with Crippen LogP contribution >= 0.6 is 15.9 Å². The molecule has 0 N–H and O–H groups in total. The number of hydrogen-bond donors (Lipinski definition) is 0. The van der Waals surface area contributed by atoms with Crippen LogP contribution in [0.1, 0.15) is 28.4 Å². The van der Waals surface area contributed by atoms with Crippen molar-refractivity contribution in [2.24, 2.45) is 0 Å². The molecule has 3 nitrogen and oxygen atoms in total. The zero-order valence-corrected chi connectivity index (χ0v) is 12.5. The Kier molecular flexibility index (Phi) is 3.49. The van der Waals surface area contributed by atoms with E-state index in [2.05, 4.69) is 15.9 Å². The molecule has 20 heavy (non-hydrogen) atoms. The molecule has 0 aliphatic carbocycles. The summed E-state index contributed by atoms with van der Waals surface area (Å²) in [4.78, 5) is 12.4. The Balaban J connectivity index is 2.05. The molecule has 0 amide bonds. The highest BCUT2D eigenvalue weighted by Gasteiger charge is 2.31. The van der Waals surface area contributed by atoms with Gasteiger partial charge in [0.2, 0.25) is 0 Å². The van der Waals surface area contributed by atoms with Crippen molar-refractivity contribution in [3.63, 3.8) is 0 Å². The zero-order chi connectivity index (χ0) is 14.1. The van der Waals surface area contributed by atoms with Crippen LogP contribution in [0.2, 0.25) is 0 Å². The second kappa shape index (κ2) is 5.29. The van der Waals surface area contributed by atoms with Gasteiger partial charge in [0.15, 0.2) is 5.78 Å². The number of ketones is 1. The van der Waals surface area contributed by atoms with E-state index in [4.69, 9.17) is 9.47 Å². The summed E-state index contributed by atoms with van der Waals surface area (Å²) in [6.45, 7) is 0. The maximum Gasteiger partial charge on any atom is 0.174 e. The lowest BCUT2D eigenvalue weighted by molar-refractivity contribution is 0.0843. The van der Waals surface area contributed by atoms with Crippen LogP contribution < -0.4 is 9.47 Å². The number of ether oxygens (including phenoxy) is 2. The van der Waals surface area contributed by atoms with E-state index in [1.54, 1.807) is 13.2 Å². The molecule has 102 valence electrons. The van der Waals surface area contributed by atoms with Crippen molar-refractivity contribution in [3.05, 3.63) is 58.1 Å². The van der Waals surface area contributed by atoms with E-state index in [1.165, 1.54) is 0 Å². The third kappa shape index (κ3) is 2.20. The number of hydrogen-bond acceptors (Lipinski definition) is 3. The maximum absolute atomic E-state index is 12.4. The van der Waals surface area contributed by atoms with Gasteiger partial charge in [-0.3, -0.25) is 4.79 Å². The number of rotatable bonds is 2. The van der Waals surface area contributed by atoms with Crippen LogP contribution in [0.3, 0.4) is 0 Å². The standard InChI is InChI=1S/C16H13BrO3/c1-19-13-8-7-11(17)16-15(13)12(18)9-14(20-16)10-5-3-2-4-6-10/h2-8,14H,9H2,1H3. The van der Waals surface area contributed by atoms with Gasteiger partial charge in [0.1, 0.15) is 23.2 Å². The summed E-state index contributed by atoms with van der Waals surface area (Å²) in [5, 5.41) is 0. The van der Waals surface area contributed by atoms with E-state index < -0.39 is 0 Å². The van der Waals surface area contributed by atoms with Crippen LogP contribution in [0.25, 0.3) is 0 Å². The Labute approximate surface area is 125 Å². The Morgan fingerprint density at radius 3 is 2.65 bits per heavy atom. The molecule has 0 saturated carbocycles. The average molecular weight is 333 g/mol. The minimum absolute atomic E-state index is 0.0400. The monoisotopic (exact) mass is 332 g/mol. The Bertz CT molecular complexity index is 652. The van der Waals surface area contributed by atoms with Crippen molar-refractivity contribution in [3.8, 4) is 11.5 Å². The molecule has 1 unspecified atom stereocenters. The van der Waals surface area contributed by atoms with Crippen LogP contribution in [-0.4, -0.2) is 12.9 Å². The molecular formula is C16H13BrO3. The largest absolute Gasteiger partial charge is 0.496 e. The van der Waals surface area contributed by atoms with Gasteiger partial charge in [0.05, 0.1) is 18.0 Å². The molecule has 1 atom stereocenters. The van der Waals surface area contributed by atoms with Crippen molar-refractivity contribution < 1.29 is 14.3 Å². The fourth-order valence-corrected chi connectivity index (χ4v) is 2.82. The van der Waals surface area contributed by atoms with E-state index in [-0.39, 0.29) is 11.9 Å². The molecule has 0 saturated heterocycles. The topological polar surface area (TPSA) is 35.5 Å². The van der Waals surface area contributed by atoms with Gasteiger partial charge in [-0.1, -0.05) is 30.3 Å². The Morgan fingerprint density at radius 1 is 1.20 bits per heavy atom. The van der Waals surface area contributed by atoms with E-state index in [0.717, 1.165) is 10.0 Å². The van der Waals surface area contributed by atoms with Gasteiger partial charge in [-0.2, -0.15) is 0 Å². The summed E-state index contributed by atoms with van der Waals surface area (Å²) in [7, 11) is 1.56. The second-order valence-corrected chi connectivity index (χ2v) is 5.45. The highest BCUT2D eigenvalue weighted by Crippen LogP contribution is 2.43. The zero-order valence-electron chi connectivity index (χ0n) is 10.9. The summed E-state index contributed by atoms with van der Waals surface area (Å²) >= 11 is 3.44. The number of carbonyl (C=O) groups is 1. The molecule has 0 spiro atoms. The van der Waals surface area contributed by atoms with Crippen molar-refractivity contribution in [2.45, 2.75) is 12.5 Å². The molecule has 2 aromatic carbocycles. The smallest absolute Gasteiger partial charge is 0.174 e. The average Bonchev–Trinajstić information content (AvgIpc) is 2.49. The SMILES string of the molecule is COc1ccc(Br)c2c1C(=O)CC(c1ccccc1)O2. The normalized spacial score (nSPS) is 17.3. The van der Waals surface area contributed by atoms with Crippen LogP contribution in [0.4, 0.5) is 0 Å². The molecule has 0 aromatic heterocycles. The fourth-order valence-electron chi connectivity index (χ4n) is 2.40. The van der Waals surface area contributed by atoms with Crippen LogP contribution in [0.5, 0.6) is 11.5 Å². The van der Waals surface area contributed by atoms with Crippen molar-refractivity contribution in [1.29, 1.82) is 0 Å². The van der Waals surface area contributed by atoms with Gasteiger partial charge in [0, 0.05) is 0 Å². The Hall–Kier alpha value is -1.81. The van der Waals surface area contributed by atoms with E-state index in [9.17, 15) is 4.79 Å². The van der Waals surface area contributed by atoms with Crippen molar-refractivity contribution >= 4 is 21.7 Å². The van der Waals surface area contributed by atoms with Gasteiger partial charge >= 0.3 is 0 Å². The lowest BCUT2D eigenvalue weighted by Crippen LogP contribution is -2.21. The number of fused-ring (bicyclic) bond motifs is 1. The first-order chi connectivity index (χ1) is 9.70. The van der Waals surface area contributed by atoms with Gasteiger partial charge < -0.3 is 9.47 Å². The molecule has 1 aliphatic rings. The van der Waals surface area contributed by atoms with Gasteiger partial charge in [-0.15, -0.1) is 0 Å². The van der Waals surface area contributed by atoms with Crippen LogP contribution in [0, 0.1) is 0 Å². The fraction of sp³-hybridized carbons (Fsp3) is 0.188. The van der Waals surface area contributed by atoms with E-state index in [0.29, 0.717) is 23.5 Å². The lowest BCUT2D eigenvalue weighted by atomic mass is 9.96. The van der Waals surface area contributed by atoms with Gasteiger partial charge in [0.25, 0.3) is 0 Å². The molecule has 1 aliphatic heterocycles. The third-order valence-electron chi connectivity index (χ3n) is 3.37. The minimum Gasteiger partial charge on any atom is -0.496 e. The Morgan fingerprint density at radius 2 is 1.95 bits per heavy atom. The summed E-state index contributed by atoms with van der Waals surface area (Å²) < 4.78 is 12.0. The summed E-state index contributed by atoms with van der Waals surface area (Å²) in [6, 6.07) is 13.4. The lowest BCUT2D eigenvalue weighted by Gasteiger charge is -2.27. The van der Waals surface area contributed by atoms with E-state index >= 15 is 0 Å². The molecule has 2 aromatic rings. The van der Waals surface area contributed by atoms with Gasteiger partial charge in [-0.25, -0.2) is 0 Å². The number of halogens is 1. The predicted octanol–water partition coefficient (Wildman–Crippen LogP) is 4.16. The van der Waals surface area contributed by atoms with Crippen molar-refractivity contribution in [2.75, 3.05) is 7.11 Å². The maximum atomic E-state index is 12.4. The highest BCUT2D eigenvalue weighted by atomic mass is 79.9. The summed E-state index contributed by atoms with van der Waals surface area (Å²) in [5.74, 6) is 1.16. The predicted molar refractivity (Wildman–Crippen MR) is 79.5 cm³/mol. The molecule has 1 heterocycles. The summed E-state index contributed by atoms with van der Waals surface area (Å²) in [6.07, 6.45) is 0.0729. The number of Topliss-reactive ketones (excluding diaryl/α,β-unsaturated/α-hetero) is 1. The molecule has 0 radical (unpaired) electrons. The number of methoxy groups -OCH3 is 1. The molecular weight excluding hydrogens is 320 g/mol. The second-order valence-electron chi connectivity index (χ2n) is 4.60. The first-order valence-corrected chi connectivity index (χ1v) is 7.11. The third-order valence-corrected chi connectivity index (χ3v) is 4.00. The minimum atomic E-state index is -0.250.